The molecule has 4 rings (SSSR count). The Morgan fingerprint density at radius 3 is 2.39 bits per heavy atom. The van der Waals surface area contributed by atoms with Crippen molar-refractivity contribution in [1.29, 1.82) is 0 Å². The molecule has 6 nitrogen and oxygen atoms in total. The van der Waals surface area contributed by atoms with Gasteiger partial charge in [0.25, 0.3) is 5.91 Å². The maximum absolute atomic E-state index is 12.9. The van der Waals surface area contributed by atoms with E-state index in [1.54, 1.807) is 13.8 Å². The summed E-state index contributed by atoms with van der Waals surface area (Å²) in [5, 5.41) is 20.0. The Morgan fingerprint density at radius 2 is 1.86 bits per heavy atom. The highest BCUT2D eigenvalue weighted by atomic mass is 32.2. The molecule has 8 heteroatoms. The van der Waals surface area contributed by atoms with Crippen molar-refractivity contribution in [2.45, 2.75) is 62.3 Å². The quantitative estimate of drug-likeness (QED) is 0.661. The topological polar surface area (TPSA) is 105 Å². The Hall–Kier alpha value is -1.74. The molecule has 0 bridgehead atoms. The molecule has 2 aliphatic carbocycles. The van der Waals surface area contributed by atoms with Gasteiger partial charge in [-0.3, -0.25) is 9.93 Å². The minimum atomic E-state index is -3.24. The summed E-state index contributed by atoms with van der Waals surface area (Å²) in [6.07, 6.45) is 7.64. The second-order valence-corrected chi connectivity index (χ2v) is 11.2. The lowest BCUT2D eigenvalue weighted by Gasteiger charge is -2.15. The molecule has 0 aliphatic heterocycles. The fraction of sp³-hybridized carbons (Fsp3) is 0.450. The van der Waals surface area contributed by atoms with Crippen molar-refractivity contribution >= 4 is 38.0 Å². The number of nitrogens with two attached hydrogens (primary N) is 1. The Morgan fingerprint density at radius 1 is 1.25 bits per heavy atom. The van der Waals surface area contributed by atoms with E-state index in [0.29, 0.717) is 4.88 Å². The molecule has 2 aliphatic rings. The van der Waals surface area contributed by atoms with Gasteiger partial charge in [0.15, 0.2) is 4.34 Å². The molecule has 1 aromatic heterocycles. The Balaban J connectivity index is 1.65. The van der Waals surface area contributed by atoms with Gasteiger partial charge in [-0.15, -0.1) is 11.3 Å². The standard InChI is InChI=1S/C20H25N3O3S2/c1-20(2,25)16-10-22-19(27-16)28(21,26)11-17(24)23-18-14-7-3-5-12(14)9-13-6-4-8-15(13)18/h9-11,25H,3-8H2,1-2H3,(H2,21,26)(H,23,24). The van der Waals surface area contributed by atoms with E-state index in [-0.39, 0.29) is 4.34 Å². The highest BCUT2D eigenvalue weighted by Crippen LogP contribution is 2.38. The van der Waals surface area contributed by atoms with E-state index in [4.69, 9.17) is 5.14 Å². The zero-order valence-corrected chi connectivity index (χ0v) is 17.7. The maximum atomic E-state index is 12.9. The van der Waals surface area contributed by atoms with Crippen LogP contribution in [0, 0.1) is 0 Å². The Bertz CT molecular complexity index is 1040. The number of hydrogen-bond acceptors (Lipinski definition) is 5. The van der Waals surface area contributed by atoms with Gasteiger partial charge >= 0.3 is 0 Å². The van der Waals surface area contributed by atoms with Crippen molar-refractivity contribution in [1.82, 2.24) is 4.98 Å². The lowest BCUT2D eigenvalue weighted by atomic mass is 9.98. The molecule has 1 amide bonds. The minimum Gasteiger partial charge on any atom is -0.385 e. The molecule has 0 spiro atoms. The lowest BCUT2D eigenvalue weighted by Crippen LogP contribution is -2.25. The van der Waals surface area contributed by atoms with E-state index in [2.05, 4.69) is 16.4 Å². The van der Waals surface area contributed by atoms with Crippen molar-refractivity contribution in [3.8, 4) is 0 Å². The number of carbonyl (C=O) groups excluding carboxylic acids is 1. The number of nitrogens with zero attached hydrogens (tertiary/aromatic N) is 1. The molecule has 4 N–H and O–H groups in total. The number of fused-ring (bicyclic) bond motifs is 2. The van der Waals surface area contributed by atoms with Crippen molar-refractivity contribution in [2.75, 3.05) is 5.32 Å². The third-order valence-electron chi connectivity index (χ3n) is 5.36. The van der Waals surface area contributed by atoms with E-state index in [9.17, 15) is 14.1 Å². The van der Waals surface area contributed by atoms with Crippen molar-refractivity contribution < 1.29 is 14.1 Å². The molecule has 0 saturated heterocycles. The van der Waals surface area contributed by atoms with E-state index in [0.717, 1.165) is 60.9 Å². The molecule has 1 aromatic carbocycles. The van der Waals surface area contributed by atoms with Crippen LogP contribution >= 0.6 is 11.3 Å². The largest absolute Gasteiger partial charge is 0.385 e. The van der Waals surface area contributed by atoms with Crippen LogP contribution in [0.2, 0.25) is 0 Å². The number of amides is 1. The molecular weight excluding hydrogens is 394 g/mol. The number of aromatic nitrogens is 1. The van der Waals surface area contributed by atoms with Crippen LogP contribution in [0.25, 0.3) is 0 Å². The van der Waals surface area contributed by atoms with Crippen LogP contribution in [0.5, 0.6) is 0 Å². The summed E-state index contributed by atoms with van der Waals surface area (Å²) >= 11 is 1.06. The summed E-state index contributed by atoms with van der Waals surface area (Å²) in [5.74, 6) is -0.470. The molecule has 1 unspecified atom stereocenters. The first-order valence-corrected chi connectivity index (χ1v) is 12.0. The van der Waals surface area contributed by atoms with Gasteiger partial charge in [-0.05, 0) is 74.6 Å². The summed E-state index contributed by atoms with van der Waals surface area (Å²) < 4.78 is 13.1. The van der Waals surface area contributed by atoms with Crippen LogP contribution in [0.15, 0.2) is 16.6 Å². The molecule has 1 atom stereocenters. The van der Waals surface area contributed by atoms with Crippen LogP contribution in [0.4, 0.5) is 5.69 Å². The fourth-order valence-corrected chi connectivity index (χ4v) is 6.30. The third kappa shape index (κ3) is 3.61. The van der Waals surface area contributed by atoms with Gasteiger partial charge in [-0.1, -0.05) is 6.07 Å². The zero-order chi connectivity index (χ0) is 20.1. The molecular formula is C20H25N3O3S2. The number of benzene rings is 1. The van der Waals surface area contributed by atoms with E-state index in [1.165, 1.54) is 28.5 Å². The molecule has 28 heavy (non-hydrogen) atoms. The van der Waals surface area contributed by atoms with Crippen LogP contribution < -0.4 is 10.5 Å². The molecule has 2 aromatic rings. The number of nitrogens with one attached hydrogen (secondary N) is 1. The average molecular weight is 420 g/mol. The number of thiazole rings is 1. The molecule has 1 heterocycles. The second kappa shape index (κ2) is 6.95. The van der Waals surface area contributed by atoms with Crippen molar-refractivity contribution in [3.63, 3.8) is 0 Å². The molecule has 150 valence electrons. The normalized spacial score (nSPS) is 17.7. The van der Waals surface area contributed by atoms with Gasteiger partial charge in [0.2, 0.25) is 0 Å². The van der Waals surface area contributed by atoms with Gasteiger partial charge in [-0.2, -0.15) is 0 Å². The van der Waals surface area contributed by atoms with Crippen molar-refractivity contribution in [2.24, 2.45) is 5.14 Å². The van der Waals surface area contributed by atoms with Crippen molar-refractivity contribution in [3.05, 3.63) is 39.4 Å². The van der Waals surface area contributed by atoms with Gasteiger partial charge in [0, 0.05) is 11.9 Å². The summed E-state index contributed by atoms with van der Waals surface area (Å²) in [6, 6.07) is 2.30. The predicted octanol–water partition coefficient (Wildman–Crippen LogP) is 2.31. The minimum absolute atomic E-state index is 0.142. The maximum Gasteiger partial charge on any atom is 0.258 e. The van der Waals surface area contributed by atoms with Crippen LogP contribution in [-0.2, 0) is 45.8 Å². The van der Waals surface area contributed by atoms with E-state index >= 15 is 0 Å². The molecule has 0 saturated carbocycles. The first-order valence-electron chi connectivity index (χ1n) is 9.48. The monoisotopic (exact) mass is 419 g/mol. The number of aliphatic hydroxyl groups is 1. The second-order valence-electron chi connectivity index (χ2n) is 8.04. The smallest absolute Gasteiger partial charge is 0.258 e. The zero-order valence-electron chi connectivity index (χ0n) is 16.1. The predicted molar refractivity (Wildman–Crippen MR) is 113 cm³/mol. The number of carbonyl (C=O) groups is 1. The van der Waals surface area contributed by atoms with Gasteiger partial charge < -0.3 is 10.4 Å². The molecule has 0 radical (unpaired) electrons. The first kappa shape index (κ1) is 19.6. The van der Waals surface area contributed by atoms with Crippen LogP contribution in [-0.4, -0.2) is 25.6 Å². The number of aryl methyl sites for hydroxylation is 2. The first-order chi connectivity index (χ1) is 13.1. The van der Waals surface area contributed by atoms with Gasteiger partial charge in [0.05, 0.1) is 25.6 Å². The van der Waals surface area contributed by atoms with Gasteiger partial charge in [-0.25, -0.2) is 9.19 Å². The SMILES string of the molecule is CC(C)(O)c1cnc(S(N)(=O)=CC(=O)Nc2c3c(cc4c2CCC4)CCC3)s1. The lowest BCUT2D eigenvalue weighted by molar-refractivity contribution is -0.109. The fourth-order valence-electron chi connectivity index (χ4n) is 4.02. The van der Waals surface area contributed by atoms with E-state index in [1.807, 2.05) is 0 Å². The number of anilines is 1. The van der Waals surface area contributed by atoms with E-state index < -0.39 is 21.2 Å². The Kier molecular flexibility index (Phi) is 4.86. The molecule has 0 fully saturated rings. The highest BCUT2D eigenvalue weighted by molar-refractivity contribution is 8.01. The summed E-state index contributed by atoms with van der Waals surface area (Å²) in [7, 11) is -3.24. The van der Waals surface area contributed by atoms with Crippen LogP contribution in [0.1, 0.15) is 53.8 Å². The Labute approximate surface area is 169 Å². The summed E-state index contributed by atoms with van der Waals surface area (Å²) in [4.78, 5) is 17.3. The number of rotatable bonds is 4. The highest BCUT2D eigenvalue weighted by Gasteiger charge is 2.26. The summed E-state index contributed by atoms with van der Waals surface area (Å²) in [5.41, 5.74) is 4.86. The third-order valence-corrected chi connectivity index (χ3v) is 8.72. The summed E-state index contributed by atoms with van der Waals surface area (Å²) in [6.45, 7) is 3.24. The van der Waals surface area contributed by atoms with Crippen LogP contribution in [0.3, 0.4) is 0 Å². The number of hydrogen-bond donors (Lipinski definition) is 3. The van der Waals surface area contributed by atoms with Gasteiger partial charge in [0.1, 0.15) is 0 Å². The average Bonchev–Trinajstić information content (AvgIpc) is 3.33.